The molecule has 0 fully saturated rings. The molecular formula is C2H2Cl3F. The van der Waals surface area contributed by atoms with E-state index < -0.39 is 0 Å². The first kappa shape index (κ1) is 9.74. The van der Waals surface area contributed by atoms with Crippen LogP contribution in [0.25, 0.3) is 0 Å². The predicted octanol–water partition coefficient (Wildman–Crippen LogP) is 2.65. The van der Waals surface area contributed by atoms with Gasteiger partial charge in [-0.25, -0.2) is 0 Å². The molecule has 0 aromatic rings. The van der Waals surface area contributed by atoms with Gasteiger partial charge in [-0.05, 0) is 0 Å². The second-order valence-electron chi connectivity index (χ2n) is 0.399. The van der Waals surface area contributed by atoms with Gasteiger partial charge in [0.1, 0.15) is 4.49 Å². The maximum absolute atomic E-state index is 4.96. The molecule has 0 aliphatic heterocycles. The molecule has 0 unspecified atom stereocenters. The standard InChI is InChI=1S/C2HCl3.FH/c3-1-2(4)5;/h1H;1H. The average Bonchev–Trinajstić information content (AvgIpc) is 1.38. The SMILES string of the molecule is ClC=C(Cl)Cl.F. The van der Waals surface area contributed by atoms with Crippen LogP contribution >= 0.6 is 34.8 Å². The van der Waals surface area contributed by atoms with Crippen molar-refractivity contribution in [2.75, 3.05) is 0 Å². The van der Waals surface area contributed by atoms with E-state index in [9.17, 15) is 0 Å². The number of rotatable bonds is 0. The molecule has 0 bridgehead atoms. The van der Waals surface area contributed by atoms with Gasteiger partial charge in [0.25, 0.3) is 0 Å². The van der Waals surface area contributed by atoms with Crippen molar-refractivity contribution in [3.8, 4) is 0 Å². The van der Waals surface area contributed by atoms with E-state index in [4.69, 9.17) is 34.8 Å². The molecule has 0 atom stereocenters. The molecule has 0 aliphatic carbocycles. The van der Waals surface area contributed by atoms with Gasteiger partial charge in [-0.1, -0.05) is 34.8 Å². The zero-order chi connectivity index (χ0) is 4.28. The minimum atomic E-state index is 0. The van der Waals surface area contributed by atoms with Gasteiger partial charge < -0.3 is 0 Å². The molecular weight excluding hydrogens is 149 g/mol. The number of hydrogen-bond donors (Lipinski definition) is 0. The van der Waals surface area contributed by atoms with Crippen LogP contribution in [0.1, 0.15) is 0 Å². The molecule has 0 N–H and O–H groups in total. The fraction of sp³-hybridized carbons (Fsp3) is 0. The van der Waals surface area contributed by atoms with E-state index in [1.54, 1.807) is 0 Å². The number of hydrogen-bond acceptors (Lipinski definition) is 0. The van der Waals surface area contributed by atoms with E-state index in [-0.39, 0.29) is 9.20 Å². The molecule has 0 saturated carbocycles. The Morgan fingerprint density at radius 1 is 1.33 bits per heavy atom. The van der Waals surface area contributed by atoms with E-state index in [0.717, 1.165) is 5.54 Å². The number of halogens is 4. The second-order valence-corrected chi connectivity index (χ2v) is 1.62. The Labute approximate surface area is 50.1 Å². The highest BCUT2D eigenvalue weighted by molar-refractivity contribution is 6.58. The van der Waals surface area contributed by atoms with E-state index >= 15 is 0 Å². The summed E-state index contributed by atoms with van der Waals surface area (Å²) in [5.74, 6) is 0. The summed E-state index contributed by atoms with van der Waals surface area (Å²) in [7, 11) is 0. The summed E-state index contributed by atoms with van der Waals surface area (Å²) in [4.78, 5) is 0. The van der Waals surface area contributed by atoms with Crippen molar-refractivity contribution in [2.24, 2.45) is 0 Å². The normalized spacial score (nSPS) is 5.83. The van der Waals surface area contributed by atoms with Crippen molar-refractivity contribution in [3.63, 3.8) is 0 Å². The van der Waals surface area contributed by atoms with Crippen molar-refractivity contribution >= 4 is 34.8 Å². The minimum absolute atomic E-state index is 0. The van der Waals surface area contributed by atoms with Crippen LogP contribution in [0.15, 0.2) is 10.0 Å². The van der Waals surface area contributed by atoms with Crippen molar-refractivity contribution < 1.29 is 4.70 Å². The van der Waals surface area contributed by atoms with Crippen molar-refractivity contribution in [2.45, 2.75) is 0 Å². The van der Waals surface area contributed by atoms with Crippen LogP contribution in [0.4, 0.5) is 4.70 Å². The Hall–Kier alpha value is 0.540. The lowest BCUT2D eigenvalue weighted by atomic mass is 11.2. The zero-order valence-corrected chi connectivity index (χ0v) is 4.89. The van der Waals surface area contributed by atoms with Crippen molar-refractivity contribution in [1.29, 1.82) is 0 Å². The highest BCUT2D eigenvalue weighted by Gasteiger charge is 1.70. The molecule has 0 heterocycles. The van der Waals surface area contributed by atoms with Crippen LogP contribution in [0.2, 0.25) is 0 Å². The molecule has 0 saturated heterocycles. The van der Waals surface area contributed by atoms with E-state index in [2.05, 4.69) is 0 Å². The summed E-state index contributed by atoms with van der Waals surface area (Å²) >= 11 is 14.8. The molecule has 0 rings (SSSR count). The summed E-state index contributed by atoms with van der Waals surface area (Å²) in [6.07, 6.45) is 0. The highest BCUT2D eigenvalue weighted by Crippen LogP contribution is 2.05. The Bertz CT molecular complexity index is 46.8. The summed E-state index contributed by atoms with van der Waals surface area (Å²) in [6, 6.07) is 0. The summed E-state index contributed by atoms with van der Waals surface area (Å²) in [5.41, 5.74) is 1.09. The molecule has 0 aliphatic rings. The monoisotopic (exact) mass is 150 g/mol. The first-order chi connectivity index (χ1) is 2.27. The Morgan fingerprint density at radius 2 is 1.50 bits per heavy atom. The van der Waals surface area contributed by atoms with Gasteiger partial charge in [-0.3, -0.25) is 4.70 Å². The lowest BCUT2D eigenvalue weighted by Crippen LogP contribution is -1.33. The minimum Gasteiger partial charge on any atom is -0.269 e. The van der Waals surface area contributed by atoms with Crippen molar-refractivity contribution in [1.82, 2.24) is 0 Å². The van der Waals surface area contributed by atoms with Gasteiger partial charge >= 0.3 is 0 Å². The lowest BCUT2D eigenvalue weighted by molar-refractivity contribution is 1.11. The van der Waals surface area contributed by atoms with Crippen LogP contribution in [-0.4, -0.2) is 0 Å². The lowest BCUT2D eigenvalue weighted by Gasteiger charge is -1.64. The molecule has 0 radical (unpaired) electrons. The fourth-order valence-corrected chi connectivity index (χ4v) is 0. The van der Waals surface area contributed by atoms with Crippen LogP contribution in [-0.2, 0) is 0 Å². The van der Waals surface area contributed by atoms with Gasteiger partial charge in [0.15, 0.2) is 0 Å². The summed E-state index contributed by atoms with van der Waals surface area (Å²) in [5, 5.41) is 0. The molecule has 0 amide bonds. The fourth-order valence-electron chi connectivity index (χ4n) is 0. The predicted molar refractivity (Wildman–Crippen MR) is 28.1 cm³/mol. The second kappa shape index (κ2) is 5.54. The zero-order valence-electron chi connectivity index (χ0n) is 2.62. The van der Waals surface area contributed by atoms with Crippen LogP contribution < -0.4 is 0 Å². The Kier molecular flexibility index (Phi) is 8.99. The Balaban J connectivity index is 0. The third kappa shape index (κ3) is 8.82. The largest absolute Gasteiger partial charge is 0.269 e. The highest BCUT2D eigenvalue weighted by atomic mass is 35.5. The third-order valence-corrected chi connectivity index (χ3v) is 0.742. The third-order valence-electron chi connectivity index (χ3n) is 0.0825. The average molecular weight is 151 g/mol. The van der Waals surface area contributed by atoms with E-state index in [0.29, 0.717) is 0 Å². The van der Waals surface area contributed by atoms with Crippen LogP contribution in [0, 0.1) is 0 Å². The molecule has 0 aromatic carbocycles. The van der Waals surface area contributed by atoms with Crippen LogP contribution in [0.5, 0.6) is 0 Å². The quantitative estimate of drug-likeness (QED) is 0.499. The molecule has 0 aromatic heterocycles. The van der Waals surface area contributed by atoms with Crippen LogP contribution in [0.3, 0.4) is 0 Å². The molecule has 6 heavy (non-hydrogen) atoms. The van der Waals surface area contributed by atoms with Gasteiger partial charge in [-0.15, -0.1) is 0 Å². The van der Waals surface area contributed by atoms with E-state index in [1.165, 1.54) is 0 Å². The molecule has 0 spiro atoms. The Morgan fingerprint density at radius 3 is 1.50 bits per heavy atom. The molecule has 4 heteroatoms. The summed E-state index contributed by atoms with van der Waals surface area (Å²) < 4.78 is 0.0895. The smallest absolute Gasteiger partial charge is 0.118 e. The molecule has 0 nitrogen and oxygen atoms in total. The van der Waals surface area contributed by atoms with Gasteiger partial charge in [0.05, 0.1) is 0 Å². The van der Waals surface area contributed by atoms with E-state index in [1.807, 2.05) is 0 Å². The first-order valence-corrected chi connectivity index (χ1v) is 2.08. The van der Waals surface area contributed by atoms with Gasteiger partial charge in [-0.2, -0.15) is 0 Å². The molecule has 38 valence electrons. The maximum atomic E-state index is 4.96. The topological polar surface area (TPSA) is 0 Å². The summed E-state index contributed by atoms with van der Waals surface area (Å²) in [6.45, 7) is 0. The van der Waals surface area contributed by atoms with Gasteiger partial charge in [0, 0.05) is 5.54 Å². The van der Waals surface area contributed by atoms with Gasteiger partial charge in [0.2, 0.25) is 0 Å². The first-order valence-electron chi connectivity index (χ1n) is 0.885. The van der Waals surface area contributed by atoms with Crippen molar-refractivity contribution in [3.05, 3.63) is 10.0 Å². The maximum Gasteiger partial charge on any atom is 0.118 e.